The van der Waals surface area contributed by atoms with E-state index in [0.717, 1.165) is 24.0 Å². The summed E-state index contributed by atoms with van der Waals surface area (Å²) in [6.07, 6.45) is 2.40. The van der Waals surface area contributed by atoms with Gasteiger partial charge in [0.05, 0.1) is 17.2 Å². The van der Waals surface area contributed by atoms with Gasteiger partial charge >= 0.3 is 0 Å². The van der Waals surface area contributed by atoms with Crippen molar-refractivity contribution in [2.75, 3.05) is 20.1 Å². The Balaban J connectivity index is 0.00000180. The molecule has 7 heteroatoms. The molecule has 0 aliphatic rings. The van der Waals surface area contributed by atoms with Crippen LogP contribution in [0, 0.1) is 0 Å². The van der Waals surface area contributed by atoms with Gasteiger partial charge in [-0.15, -0.1) is 24.8 Å². The Morgan fingerprint density at radius 1 is 1.15 bits per heavy atom. The molecule has 0 bridgehead atoms. The third kappa shape index (κ3) is 4.92. The lowest BCUT2D eigenvalue weighted by atomic mass is 10.3. The Bertz CT molecular complexity index is 551. The number of nitrogens with zero attached hydrogens (tertiary/aromatic N) is 2. The van der Waals surface area contributed by atoms with E-state index in [1.165, 1.54) is 6.20 Å². The first kappa shape index (κ1) is 18.6. The van der Waals surface area contributed by atoms with Crippen molar-refractivity contribution in [2.45, 2.75) is 6.42 Å². The number of carbonyl (C=O) groups is 1. The van der Waals surface area contributed by atoms with E-state index >= 15 is 0 Å². The van der Waals surface area contributed by atoms with Crippen molar-refractivity contribution in [3.8, 4) is 0 Å². The molecule has 110 valence electrons. The standard InChI is InChI=1S/C13H16N4O.2ClH/c1-14-7-4-8-15-13(18)12-9-16-10-5-2-3-6-11(10)17-12;;/h2-3,5-6,9,14H,4,7-8H2,1H3,(H,15,18);2*1H. The smallest absolute Gasteiger partial charge is 0.271 e. The van der Waals surface area contributed by atoms with E-state index in [2.05, 4.69) is 20.6 Å². The molecule has 1 heterocycles. The summed E-state index contributed by atoms with van der Waals surface area (Å²) in [5.74, 6) is -0.177. The maximum atomic E-state index is 11.8. The Hall–Kier alpha value is -1.43. The fraction of sp³-hybridized carbons (Fsp3) is 0.308. The number of hydrogen-bond acceptors (Lipinski definition) is 4. The summed E-state index contributed by atoms with van der Waals surface area (Å²) < 4.78 is 0. The highest BCUT2D eigenvalue weighted by Gasteiger charge is 2.07. The van der Waals surface area contributed by atoms with E-state index in [0.29, 0.717) is 12.2 Å². The molecule has 20 heavy (non-hydrogen) atoms. The highest BCUT2D eigenvalue weighted by Crippen LogP contribution is 2.08. The second-order valence-corrected chi connectivity index (χ2v) is 3.96. The number of halogens is 2. The molecule has 2 N–H and O–H groups in total. The molecule has 0 saturated heterocycles. The number of fused-ring (bicyclic) bond motifs is 1. The summed E-state index contributed by atoms with van der Waals surface area (Å²) in [5.41, 5.74) is 1.89. The molecule has 1 amide bonds. The molecule has 0 saturated carbocycles. The number of rotatable bonds is 5. The van der Waals surface area contributed by atoms with Crippen molar-refractivity contribution >= 4 is 41.8 Å². The Morgan fingerprint density at radius 2 is 1.85 bits per heavy atom. The van der Waals surface area contributed by atoms with Crippen molar-refractivity contribution in [1.29, 1.82) is 0 Å². The van der Waals surface area contributed by atoms with Crippen molar-refractivity contribution in [3.05, 3.63) is 36.2 Å². The van der Waals surface area contributed by atoms with Crippen LogP contribution in [0.4, 0.5) is 0 Å². The maximum Gasteiger partial charge on any atom is 0.271 e. The first-order chi connectivity index (χ1) is 8.81. The number of benzene rings is 1. The quantitative estimate of drug-likeness (QED) is 0.826. The van der Waals surface area contributed by atoms with Gasteiger partial charge in [0.25, 0.3) is 5.91 Å². The molecule has 0 aliphatic carbocycles. The number of aromatic nitrogens is 2. The number of carbonyl (C=O) groups excluding carboxylic acids is 1. The van der Waals surface area contributed by atoms with Crippen molar-refractivity contribution in [2.24, 2.45) is 0 Å². The summed E-state index contributed by atoms with van der Waals surface area (Å²) in [6.45, 7) is 1.51. The average Bonchev–Trinajstić information content (AvgIpc) is 2.43. The topological polar surface area (TPSA) is 66.9 Å². The summed E-state index contributed by atoms with van der Waals surface area (Å²) in [6, 6.07) is 7.50. The van der Waals surface area contributed by atoms with Crippen LogP contribution in [0.2, 0.25) is 0 Å². The number of para-hydroxylation sites is 2. The fourth-order valence-electron chi connectivity index (χ4n) is 1.62. The summed E-state index contributed by atoms with van der Waals surface area (Å²) in [4.78, 5) is 20.3. The normalized spacial score (nSPS) is 9.45. The largest absolute Gasteiger partial charge is 0.351 e. The van der Waals surface area contributed by atoms with Crippen LogP contribution < -0.4 is 10.6 Å². The Morgan fingerprint density at radius 3 is 2.55 bits per heavy atom. The third-order valence-electron chi connectivity index (χ3n) is 2.57. The van der Waals surface area contributed by atoms with E-state index in [4.69, 9.17) is 0 Å². The van der Waals surface area contributed by atoms with Crippen LogP contribution in [0.5, 0.6) is 0 Å². The van der Waals surface area contributed by atoms with Gasteiger partial charge in [0.1, 0.15) is 5.69 Å². The van der Waals surface area contributed by atoms with E-state index < -0.39 is 0 Å². The number of nitrogens with one attached hydrogen (secondary N) is 2. The van der Waals surface area contributed by atoms with Crippen LogP contribution in [0.15, 0.2) is 30.5 Å². The second-order valence-electron chi connectivity index (χ2n) is 3.96. The molecule has 0 spiro atoms. The van der Waals surface area contributed by atoms with Crippen LogP contribution in [0.3, 0.4) is 0 Å². The molecule has 0 atom stereocenters. The SMILES string of the molecule is CNCCCNC(=O)c1cnc2ccccc2n1.Cl.Cl. The van der Waals surface area contributed by atoms with Crippen LogP contribution in [-0.4, -0.2) is 36.0 Å². The molecule has 0 radical (unpaired) electrons. The first-order valence-electron chi connectivity index (χ1n) is 5.96. The molecular formula is C13H18Cl2N4O. The lowest BCUT2D eigenvalue weighted by Gasteiger charge is -2.04. The van der Waals surface area contributed by atoms with E-state index in [1.807, 2.05) is 31.3 Å². The molecule has 5 nitrogen and oxygen atoms in total. The molecular weight excluding hydrogens is 299 g/mol. The Labute approximate surface area is 130 Å². The zero-order valence-electron chi connectivity index (χ0n) is 11.1. The van der Waals surface area contributed by atoms with Gasteiger partial charge in [-0.3, -0.25) is 9.78 Å². The van der Waals surface area contributed by atoms with Gasteiger partial charge in [0, 0.05) is 6.54 Å². The fourth-order valence-corrected chi connectivity index (χ4v) is 1.62. The molecule has 2 aromatic rings. The predicted octanol–water partition coefficient (Wildman–Crippen LogP) is 1.81. The van der Waals surface area contributed by atoms with Gasteiger partial charge in [-0.25, -0.2) is 4.98 Å². The van der Waals surface area contributed by atoms with Gasteiger partial charge in [-0.05, 0) is 32.1 Å². The predicted molar refractivity (Wildman–Crippen MR) is 84.9 cm³/mol. The average molecular weight is 317 g/mol. The molecule has 2 rings (SSSR count). The Kier molecular flexibility index (Phi) is 8.79. The van der Waals surface area contributed by atoms with Crippen molar-refractivity contribution in [1.82, 2.24) is 20.6 Å². The minimum atomic E-state index is -0.177. The van der Waals surface area contributed by atoms with Crippen LogP contribution in [0.25, 0.3) is 11.0 Å². The first-order valence-corrected chi connectivity index (χ1v) is 5.96. The van der Waals surface area contributed by atoms with Crippen molar-refractivity contribution < 1.29 is 4.79 Å². The minimum absolute atomic E-state index is 0. The molecule has 1 aromatic carbocycles. The lowest BCUT2D eigenvalue weighted by Crippen LogP contribution is -2.27. The molecule has 1 aromatic heterocycles. The minimum Gasteiger partial charge on any atom is -0.351 e. The number of amides is 1. The highest BCUT2D eigenvalue weighted by atomic mass is 35.5. The molecule has 0 unspecified atom stereocenters. The summed E-state index contributed by atoms with van der Waals surface area (Å²) in [7, 11) is 1.89. The lowest BCUT2D eigenvalue weighted by molar-refractivity contribution is 0.0948. The maximum absolute atomic E-state index is 11.8. The van der Waals surface area contributed by atoms with Gasteiger partial charge in [-0.1, -0.05) is 12.1 Å². The van der Waals surface area contributed by atoms with Crippen molar-refractivity contribution in [3.63, 3.8) is 0 Å². The summed E-state index contributed by atoms with van der Waals surface area (Å²) >= 11 is 0. The van der Waals surface area contributed by atoms with Crippen LogP contribution in [0.1, 0.15) is 16.9 Å². The third-order valence-corrected chi connectivity index (χ3v) is 2.57. The van der Waals surface area contributed by atoms with Gasteiger partial charge in [0.15, 0.2) is 0 Å². The highest BCUT2D eigenvalue weighted by molar-refractivity contribution is 5.93. The van der Waals surface area contributed by atoms with Gasteiger partial charge in [0.2, 0.25) is 0 Å². The van der Waals surface area contributed by atoms with E-state index in [9.17, 15) is 4.79 Å². The monoisotopic (exact) mass is 316 g/mol. The summed E-state index contributed by atoms with van der Waals surface area (Å²) in [5, 5.41) is 5.84. The number of hydrogen-bond donors (Lipinski definition) is 2. The van der Waals surface area contributed by atoms with Gasteiger partial charge < -0.3 is 10.6 Å². The van der Waals surface area contributed by atoms with Crippen LogP contribution >= 0.6 is 24.8 Å². The molecule has 0 aliphatic heterocycles. The van der Waals surface area contributed by atoms with Gasteiger partial charge in [-0.2, -0.15) is 0 Å². The van der Waals surface area contributed by atoms with Crippen LogP contribution in [-0.2, 0) is 0 Å². The van der Waals surface area contributed by atoms with E-state index in [-0.39, 0.29) is 30.7 Å². The molecule has 0 fully saturated rings. The zero-order chi connectivity index (χ0) is 12.8. The zero-order valence-corrected chi connectivity index (χ0v) is 12.8. The van der Waals surface area contributed by atoms with E-state index in [1.54, 1.807) is 0 Å². The second kappa shape index (κ2) is 9.47.